The van der Waals surface area contributed by atoms with Crippen molar-refractivity contribution >= 4 is 11.9 Å². The van der Waals surface area contributed by atoms with Gasteiger partial charge in [0.1, 0.15) is 5.75 Å². The molecule has 3 atom stereocenters. The molecule has 0 heterocycles. The highest BCUT2D eigenvalue weighted by molar-refractivity contribution is 5.85. The molecule has 2 rings (SSSR count). The molecule has 1 amide bonds. The molecule has 0 aromatic heterocycles. The molecule has 0 spiro atoms. The minimum atomic E-state index is -0.873. The number of carbonyl (C=O) groups excluding carboxylic acids is 1. The minimum absolute atomic E-state index is 0.171. The Balaban J connectivity index is 2.03. The summed E-state index contributed by atoms with van der Waals surface area (Å²) in [6, 6.07) is 7.31. The summed E-state index contributed by atoms with van der Waals surface area (Å²) >= 11 is 0. The van der Waals surface area contributed by atoms with Crippen LogP contribution in [0.2, 0.25) is 0 Å². The zero-order chi connectivity index (χ0) is 15.4. The Kier molecular flexibility index (Phi) is 4.83. The maximum absolute atomic E-state index is 12.3. The molecule has 1 aromatic rings. The molecular weight excluding hydrogens is 270 g/mol. The lowest BCUT2D eigenvalue weighted by Crippen LogP contribution is -2.36. The van der Waals surface area contributed by atoms with E-state index in [1.807, 2.05) is 31.2 Å². The van der Waals surface area contributed by atoms with Crippen molar-refractivity contribution in [1.29, 1.82) is 0 Å². The lowest BCUT2D eigenvalue weighted by Gasteiger charge is -2.20. The third-order valence-corrected chi connectivity index (χ3v) is 4.12. The normalized spacial score (nSPS) is 22.6. The molecule has 5 heteroatoms. The zero-order valence-corrected chi connectivity index (χ0v) is 12.3. The fourth-order valence-electron chi connectivity index (χ4n) is 2.88. The summed E-state index contributed by atoms with van der Waals surface area (Å²) in [5.74, 6) is -1.28. The summed E-state index contributed by atoms with van der Waals surface area (Å²) in [4.78, 5) is 23.5. The molecule has 1 aliphatic rings. The first-order chi connectivity index (χ1) is 10.0. The van der Waals surface area contributed by atoms with Gasteiger partial charge in [0.05, 0.1) is 25.0 Å². The fourth-order valence-corrected chi connectivity index (χ4v) is 2.88. The van der Waals surface area contributed by atoms with Crippen molar-refractivity contribution in [3.05, 3.63) is 29.8 Å². The summed E-state index contributed by atoms with van der Waals surface area (Å²) in [5.41, 5.74) is 0.938. The van der Waals surface area contributed by atoms with Crippen molar-refractivity contribution in [3.63, 3.8) is 0 Å². The van der Waals surface area contributed by atoms with Crippen LogP contribution >= 0.6 is 0 Å². The van der Waals surface area contributed by atoms with Gasteiger partial charge in [0, 0.05) is 0 Å². The van der Waals surface area contributed by atoms with Crippen molar-refractivity contribution in [2.45, 2.75) is 32.2 Å². The van der Waals surface area contributed by atoms with Crippen LogP contribution in [-0.4, -0.2) is 24.1 Å². The van der Waals surface area contributed by atoms with Crippen molar-refractivity contribution in [2.75, 3.05) is 7.11 Å². The molecular formula is C16H21NO4. The molecule has 1 unspecified atom stereocenters. The minimum Gasteiger partial charge on any atom is -0.497 e. The Bertz CT molecular complexity index is 529. The van der Waals surface area contributed by atoms with E-state index >= 15 is 0 Å². The van der Waals surface area contributed by atoms with Gasteiger partial charge in [-0.1, -0.05) is 18.6 Å². The van der Waals surface area contributed by atoms with Gasteiger partial charge in [-0.15, -0.1) is 0 Å². The largest absolute Gasteiger partial charge is 0.497 e. The van der Waals surface area contributed by atoms with E-state index in [0.29, 0.717) is 12.8 Å². The number of hydrogen-bond acceptors (Lipinski definition) is 3. The number of nitrogens with one attached hydrogen (secondary N) is 1. The van der Waals surface area contributed by atoms with Crippen LogP contribution in [0.4, 0.5) is 0 Å². The van der Waals surface area contributed by atoms with Crippen LogP contribution in [0.25, 0.3) is 0 Å². The number of rotatable bonds is 5. The fraction of sp³-hybridized carbons (Fsp3) is 0.500. The molecule has 0 saturated heterocycles. The summed E-state index contributed by atoms with van der Waals surface area (Å²) < 4.78 is 5.17. The van der Waals surface area contributed by atoms with Crippen molar-refractivity contribution in [3.8, 4) is 5.75 Å². The van der Waals surface area contributed by atoms with Gasteiger partial charge in [-0.2, -0.15) is 0 Å². The second-order valence-corrected chi connectivity index (χ2v) is 5.49. The number of amides is 1. The smallest absolute Gasteiger partial charge is 0.307 e. The number of ether oxygens (including phenoxy) is 1. The quantitative estimate of drug-likeness (QED) is 0.873. The van der Waals surface area contributed by atoms with E-state index in [1.54, 1.807) is 7.11 Å². The number of carboxylic acid groups (broad SMARTS) is 1. The Morgan fingerprint density at radius 3 is 2.71 bits per heavy atom. The third-order valence-electron chi connectivity index (χ3n) is 4.12. The van der Waals surface area contributed by atoms with Gasteiger partial charge in [0.2, 0.25) is 5.91 Å². The second-order valence-electron chi connectivity index (χ2n) is 5.49. The summed E-state index contributed by atoms with van der Waals surface area (Å²) in [6.07, 6.45) is 2.02. The molecule has 0 radical (unpaired) electrons. The third kappa shape index (κ3) is 3.54. The van der Waals surface area contributed by atoms with E-state index < -0.39 is 17.8 Å². The number of aliphatic carboxylic acids is 1. The van der Waals surface area contributed by atoms with Crippen molar-refractivity contribution in [2.24, 2.45) is 11.8 Å². The van der Waals surface area contributed by atoms with Gasteiger partial charge in [-0.05, 0) is 37.5 Å². The second kappa shape index (κ2) is 6.61. The standard InChI is InChI=1S/C16H21NO4/c1-10(11-5-3-6-12(9-11)21-2)17-15(18)13-7-4-8-14(13)16(19)20/h3,5-6,9-10,13-14H,4,7-8H2,1-2H3,(H,17,18)(H,19,20)/t10?,13-,14+/m1/s1. The Hall–Kier alpha value is -2.04. The zero-order valence-electron chi connectivity index (χ0n) is 12.3. The van der Waals surface area contributed by atoms with Crippen LogP contribution in [0.5, 0.6) is 5.75 Å². The number of carboxylic acids is 1. The van der Waals surface area contributed by atoms with Gasteiger partial charge in [-0.25, -0.2) is 0 Å². The molecule has 1 aromatic carbocycles. The van der Waals surface area contributed by atoms with Crippen LogP contribution in [0.3, 0.4) is 0 Å². The Morgan fingerprint density at radius 1 is 1.33 bits per heavy atom. The molecule has 0 aliphatic heterocycles. The molecule has 0 bridgehead atoms. The van der Waals surface area contributed by atoms with E-state index in [4.69, 9.17) is 9.84 Å². The van der Waals surface area contributed by atoms with E-state index in [1.165, 1.54) is 0 Å². The highest BCUT2D eigenvalue weighted by Gasteiger charge is 2.38. The number of hydrogen-bond donors (Lipinski definition) is 2. The van der Waals surface area contributed by atoms with Crippen molar-refractivity contribution in [1.82, 2.24) is 5.32 Å². The van der Waals surface area contributed by atoms with E-state index in [0.717, 1.165) is 17.7 Å². The molecule has 5 nitrogen and oxygen atoms in total. The predicted molar refractivity (Wildman–Crippen MR) is 78.0 cm³/mol. The van der Waals surface area contributed by atoms with E-state index in [-0.39, 0.29) is 11.9 Å². The van der Waals surface area contributed by atoms with Gasteiger partial charge in [0.15, 0.2) is 0 Å². The molecule has 21 heavy (non-hydrogen) atoms. The first-order valence-corrected chi connectivity index (χ1v) is 7.20. The molecule has 114 valence electrons. The lowest BCUT2D eigenvalue weighted by atomic mass is 9.94. The van der Waals surface area contributed by atoms with Gasteiger partial charge in [-0.3, -0.25) is 9.59 Å². The average Bonchev–Trinajstić information content (AvgIpc) is 2.97. The summed E-state index contributed by atoms with van der Waals surface area (Å²) in [6.45, 7) is 1.89. The van der Waals surface area contributed by atoms with E-state index in [2.05, 4.69) is 5.32 Å². The highest BCUT2D eigenvalue weighted by Crippen LogP contribution is 2.32. The molecule has 2 N–H and O–H groups in total. The number of methoxy groups -OCH3 is 1. The highest BCUT2D eigenvalue weighted by atomic mass is 16.5. The van der Waals surface area contributed by atoms with Crippen LogP contribution < -0.4 is 10.1 Å². The van der Waals surface area contributed by atoms with E-state index in [9.17, 15) is 9.59 Å². The van der Waals surface area contributed by atoms with Gasteiger partial charge in [0.25, 0.3) is 0 Å². The SMILES string of the molecule is COc1cccc(C(C)NC(=O)[C@@H]2CCC[C@@H]2C(=O)O)c1. The van der Waals surface area contributed by atoms with Crippen molar-refractivity contribution < 1.29 is 19.4 Å². The maximum atomic E-state index is 12.3. The first-order valence-electron chi connectivity index (χ1n) is 7.20. The van der Waals surface area contributed by atoms with Crippen LogP contribution in [0.1, 0.15) is 37.8 Å². The first kappa shape index (κ1) is 15.4. The number of benzene rings is 1. The number of carbonyl (C=O) groups is 2. The van der Waals surface area contributed by atoms with Gasteiger partial charge >= 0.3 is 5.97 Å². The Labute approximate surface area is 124 Å². The lowest BCUT2D eigenvalue weighted by molar-refractivity contribution is -0.146. The molecule has 1 aliphatic carbocycles. The monoisotopic (exact) mass is 291 g/mol. The van der Waals surface area contributed by atoms with Crippen LogP contribution in [-0.2, 0) is 9.59 Å². The molecule has 1 saturated carbocycles. The Morgan fingerprint density at radius 2 is 2.05 bits per heavy atom. The summed E-state index contributed by atoms with van der Waals surface area (Å²) in [7, 11) is 1.60. The predicted octanol–water partition coefficient (Wildman–Crippen LogP) is 2.37. The van der Waals surface area contributed by atoms with Gasteiger partial charge < -0.3 is 15.2 Å². The maximum Gasteiger partial charge on any atom is 0.307 e. The summed E-state index contributed by atoms with van der Waals surface area (Å²) in [5, 5.41) is 12.1. The topological polar surface area (TPSA) is 75.6 Å². The molecule has 1 fully saturated rings. The average molecular weight is 291 g/mol. The van der Waals surface area contributed by atoms with Crippen LogP contribution in [0, 0.1) is 11.8 Å². The van der Waals surface area contributed by atoms with Crippen LogP contribution in [0.15, 0.2) is 24.3 Å².